The van der Waals surface area contributed by atoms with Crippen molar-refractivity contribution in [3.05, 3.63) is 34.9 Å². The fraction of sp³-hybridized carbons (Fsp3) is 0.538. The molecule has 0 aliphatic heterocycles. The van der Waals surface area contributed by atoms with Crippen molar-refractivity contribution < 1.29 is 27.1 Å². The van der Waals surface area contributed by atoms with Gasteiger partial charge < -0.3 is 5.11 Å². The van der Waals surface area contributed by atoms with E-state index in [0.29, 0.717) is 6.42 Å². The highest BCUT2D eigenvalue weighted by Crippen LogP contribution is 2.44. The van der Waals surface area contributed by atoms with Crippen LogP contribution in [0.15, 0.2) is 18.2 Å². The molecule has 1 aromatic carbocycles. The van der Waals surface area contributed by atoms with Crippen molar-refractivity contribution in [3.63, 3.8) is 0 Å². The van der Waals surface area contributed by atoms with Crippen LogP contribution in [-0.2, 0) is 12.8 Å². The predicted octanol–water partition coefficient (Wildman–Crippen LogP) is 3.80. The van der Waals surface area contributed by atoms with Crippen LogP contribution in [0, 0.1) is 0 Å². The highest BCUT2D eigenvalue weighted by molar-refractivity contribution is 5.35. The molecule has 6 heteroatoms. The molecular weight excluding hydrogens is 267 g/mol. The van der Waals surface area contributed by atoms with Gasteiger partial charge in [0, 0.05) is 0 Å². The van der Waals surface area contributed by atoms with Crippen LogP contribution in [-0.4, -0.2) is 17.2 Å². The second kappa shape index (κ2) is 4.74. The van der Waals surface area contributed by atoms with Crippen LogP contribution in [0.4, 0.5) is 22.0 Å². The van der Waals surface area contributed by atoms with Crippen molar-refractivity contribution in [1.29, 1.82) is 0 Å². The third kappa shape index (κ3) is 2.59. The zero-order valence-corrected chi connectivity index (χ0v) is 9.97. The fourth-order valence-electron chi connectivity index (χ4n) is 2.29. The van der Waals surface area contributed by atoms with E-state index in [0.717, 1.165) is 36.5 Å². The Bertz CT molecular complexity index is 467. The molecule has 1 N–H and O–H groups in total. The predicted molar refractivity (Wildman–Crippen MR) is 59.0 cm³/mol. The summed E-state index contributed by atoms with van der Waals surface area (Å²) in [4.78, 5) is 0. The Kier molecular flexibility index (Phi) is 3.55. The largest absolute Gasteiger partial charge is 0.456 e. The number of fused-ring (bicyclic) bond motifs is 1. The zero-order chi connectivity index (χ0) is 14.3. The molecule has 1 unspecified atom stereocenters. The lowest BCUT2D eigenvalue weighted by Crippen LogP contribution is -2.42. The Morgan fingerprint density at radius 2 is 1.53 bits per heavy atom. The zero-order valence-electron chi connectivity index (χ0n) is 9.97. The van der Waals surface area contributed by atoms with E-state index in [2.05, 4.69) is 0 Å². The highest BCUT2D eigenvalue weighted by Gasteiger charge is 2.62. The normalized spacial score (nSPS) is 18.0. The molecule has 1 aliphatic carbocycles. The topological polar surface area (TPSA) is 20.2 Å². The van der Waals surface area contributed by atoms with Crippen LogP contribution in [0.3, 0.4) is 0 Å². The van der Waals surface area contributed by atoms with E-state index in [9.17, 15) is 27.1 Å². The van der Waals surface area contributed by atoms with Crippen molar-refractivity contribution in [3.8, 4) is 0 Å². The second-order valence-corrected chi connectivity index (χ2v) is 4.76. The lowest BCUT2D eigenvalue weighted by molar-refractivity contribution is -0.315. The van der Waals surface area contributed by atoms with Gasteiger partial charge in [-0.05, 0) is 42.4 Å². The summed E-state index contributed by atoms with van der Waals surface area (Å²) in [5.74, 6) is -5.14. The molecule has 0 radical (unpaired) electrons. The van der Waals surface area contributed by atoms with Gasteiger partial charge in [-0.15, -0.1) is 0 Å². The maximum atomic E-state index is 13.1. The first kappa shape index (κ1) is 14.2. The van der Waals surface area contributed by atoms with Crippen LogP contribution in [0.5, 0.6) is 0 Å². The van der Waals surface area contributed by atoms with Crippen molar-refractivity contribution in [1.82, 2.24) is 0 Å². The molecule has 19 heavy (non-hydrogen) atoms. The Balaban J connectivity index is 2.32. The Hall–Kier alpha value is -1.17. The monoisotopic (exact) mass is 280 g/mol. The van der Waals surface area contributed by atoms with Crippen LogP contribution in [0.25, 0.3) is 0 Å². The second-order valence-electron chi connectivity index (χ2n) is 4.76. The number of halogens is 5. The molecule has 1 atom stereocenters. The first-order valence-corrected chi connectivity index (χ1v) is 5.98. The lowest BCUT2D eigenvalue weighted by atomic mass is 9.88. The number of alkyl halides is 5. The van der Waals surface area contributed by atoms with Crippen LogP contribution in [0.1, 0.15) is 35.6 Å². The molecule has 0 saturated heterocycles. The van der Waals surface area contributed by atoms with Gasteiger partial charge in [-0.2, -0.15) is 22.0 Å². The molecule has 0 aromatic heterocycles. The molecule has 0 fully saturated rings. The maximum Gasteiger partial charge on any atom is 0.456 e. The first-order chi connectivity index (χ1) is 8.73. The molecule has 0 bridgehead atoms. The van der Waals surface area contributed by atoms with Gasteiger partial charge in [0.25, 0.3) is 0 Å². The number of hydrogen-bond donors (Lipinski definition) is 1. The molecule has 0 saturated carbocycles. The smallest absolute Gasteiger partial charge is 0.382 e. The summed E-state index contributed by atoms with van der Waals surface area (Å²) in [5.41, 5.74) is 1.32. The number of aryl methyl sites for hydroxylation is 2. The van der Waals surface area contributed by atoms with Crippen molar-refractivity contribution >= 4 is 0 Å². The molecule has 2 rings (SSSR count). The Morgan fingerprint density at radius 3 is 2.11 bits per heavy atom. The number of aliphatic hydroxyl groups is 1. The van der Waals surface area contributed by atoms with E-state index < -0.39 is 18.2 Å². The number of hydrogen-bond acceptors (Lipinski definition) is 1. The van der Waals surface area contributed by atoms with Gasteiger partial charge in [0.2, 0.25) is 0 Å². The summed E-state index contributed by atoms with van der Waals surface area (Å²) >= 11 is 0. The average molecular weight is 280 g/mol. The van der Waals surface area contributed by atoms with Gasteiger partial charge >= 0.3 is 12.1 Å². The molecule has 0 spiro atoms. The molecule has 106 valence electrons. The van der Waals surface area contributed by atoms with Gasteiger partial charge in [0.1, 0.15) is 0 Å². The molecule has 0 heterocycles. The Labute approximate surface area is 107 Å². The lowest BCUT2D eigenvalue weighted by Gasteiger charge is -2.26. The van der Waals surface area contributed by atoms with Gasteiger partial charge in [0.15, 0.2) is 6.10 Å². The highest BCUT2D eigenvalue weighted by atomic mass is 19.4. The number of rotatable bonds is 2. The molecular formula is C13H13F5O. The van der Waals surface area contributed by atoms with Crippen LogP contribution < -0.4 is 0 Å². The summed E-state index contributed by atoms with van der Waals surface area (Å²) in [6.07, 6.45) is -5.33. The SMILES string of the molecule is OC(c1ccc2c(c1)CCCC2)C(F)(F)C(F)(F)F. The van der Waals surface area contributed by atoms with Crippen molar-refractivity contribution in [2.75, 3.05) is 0 Å². The van der Waals surface area contributed by atoms with Crippen LogP contribution in [0.2, 0.25) is 0 Å². The molecule has 1 nitrogen and oxygen atoms in total. The minimum atomic E-state index is -5.76. The quantitative estimate of drug-likeness (QED) is 0.817. The van der Waals surface area contributed by atoms with Gasteiger partial charge in [-0.1, -0.05) is 18.2 Å². The van der Waals surface area contributed by atoms with E-state index in [1.54, 1.807) is 0 Å². The number of aliphatic hydroxyl groups excluding tert-OH is 1. The van der Waals surface area contributed by atoms with E-state index >= 15 is 0 Å². The van der Waals surface area contributed by atoms with Gasteiger partial charge in [-0.25, -0.2) is 0 Å². The summed E-state index contributed by atoms with van der Waals surface area (Å²) in [5, 5.41) is 9.32. The summed E-state index contributed by atoms with van der Waals surface area (Å²) < 4.78 is 62.7. The first-order valence-electron chi connectivity index (χ1n) is 5.98. The van der Waals surface area contributed by atoms with E-state index in [-0.39, 0.29) is 5.56 Å². The average Bonchev–Trinajstić information content (AvgIpc) is 2.36. The minimum absolute atomic E-state index is 0.386. The Morgan fingerprint density at radius 1 is 0.947 bits per heavy atom. The molecule has 1 aromatic rings. The minimum Gasteiger partial charge on any atom is -0.382 e. The van der Waals surface area contributed by atoms with Crippen molar-refractivity contribution in [2.24, 2.45) is 0 Å². The van der Waals surface area contributed by atoms with E-state index in [4.69, 9.17) is 0 Å². The van der Waals surface area contributed by atoms with Crippen molar-refractivity contribution in [2.45, 2.75) is 43.9 Å². The standard InChI is InChI=1S/C13H13F5O/c14-12(15,13(16,17)18)11(19)10-6-5-8-3-1-2-4-9(8)7-10/h5-7,11,19H,1-4H2. The summed E-state index contributed by atoms with van der Waals surface area (Å²) in [6, 6.07) is 3.94. The van der Waals surface area contributed by atoms with Gasteiger partial charge in [0.05, 0.1) is 0 Å². The van der Waals surface area contributed by atoms with E-state index in [1.807, 2.05) is 0 Å². The third-order valence-electron chi connectivity index (χ3n) is 3.41. The maximum absolute atomic E-state index is 13.1. The van der Waals surface area contributed by atoms with Crippen LogP contribution >= 0.6 is 0 Å². The van der Waals surface area contributed by atoms with Gasteiger partial charge in [-0.3, -0.25) is 0 Å². The van der Waals surface area contributed by atoms with E-state index in [1.165, 1.54) is 12.1 Å². The molecule has 1 aliphatic rings. The molecule has 0 amide bonds. The third-order valence-corrected chi connectivity index (χ3v) is 3.41. The fourth-order valence-corrected chi connectivity index (χ4v) is 2.29. The summed E-state index contributed by atoms with van der Waals surface area (Å²) in [7, 11) is 0. The number of benzene rings is 1. The summed E-state index contributed by atoms with van der Waals surface area (Å²) in [6.45, 7) is 0.